The van der Waals surface area contributed by atoms with Crippen LogP contribution in [0.4, 0.5) is 0 Å². The van der Waals surface area contributed by atoms with E-state index in [0.29, 0.717) is 11.6 Å². The maximum atomic E-state index is 12.6. The lowest BCUT2D eigenvalue weighted by atomic mass is 10.1. The van der Waals surface area contributed by atoms with Gasteiger partial charge in [0.05, 0.1) is 17.9 Å². The van der Waals surface area contributed by atoms with Gasteiger partial charge in [0.15, 0.2) is 0 Å². The van der Waals surface area contributed by atoms with Crippen LogP contribution in [0.15, 0.2) is 64.2 Å². The number of hydrogen-bond acceptors (Lipinski definition) is 5. The molecule has 0 saturated heterocycles. The van der Waals surface area contributed by atoms with Crippen LogP contribution in [0, 0.1) is 0 Å². The summed E-state index contributed by atoms with van der Waals surface area (Å²) in [6.45, 7) is 2.12. The number of nitrogens with one attached hydrogen (secondary N) is 1. The number of carbonyl (C=O) groups excluding carboxylic acids is 1. The van der Waals surface area contributed by atoms with Gasteiger partial charge in [-0.05, 0) is 31.9 Å². The van der Waals surface area contributed by atoms with Crippen LogP contribution in [0.1, 0.15) is 37.4 Å². The number of nitrogens with zero attached hydrogens (tertiary/aromatic N) is 4. The van der Waals surface area contributed by atoms with Crippen molar-refractivity contribution in [2.45, 2.75) is 38.3 Å². The van der Waals surface area contributed by atoms with Crippen LogP contribution in [-0.4, -0.2) is 32.0 Å². The highest BCUT2D eigenvalue weighted by molar-refractivity contribution is 5.79. The van der Waals surface area contributed by atoms with Crippen LogP contribution < -0.4 is 16.4 Å². The van der Waals surface area contributed by atoms with E-state index in [1.807, 2.05) is 30.3 Å². The van der Waals surface area contributed by atoms with Crippen molar-refractivity contribution in [2.24, 2.45) is 0 Å². The molecular formula is C22H23N5O3. The first kappa shape index (κ1) is 19.8. The molecular weight excluding hydrogens is 382 g/mol. The summed E-state index contributed by atoms with van der Waals surface area (Å²) in [4.78, 5) is 36.8. The minimum Gasteiger partial charge on any atom is -0.352 e. The molecule has 8 heteroatoms. The lowest BCUT2D eigenvalue weighted by Crippen LogP contribution is -2.39. The van der Waals surface area contributed by atoms with Crippen LogP contribution in [0.25, 0.3) is 11.3 Å². The van der Waals surface area contributed by atoms with Gasteiger partial charge in [0.1, 0.15) is 6.04 Å². The molecule has 1 amide bonds. The second-order valence-corrected chi connectivity index (χ2v) is 7.43. The summed E-state index contributed by atoms with van der Waals surface area (Å²) >= 11 is 0. The van der Waals surface area contributed by atoms with E-state index >= 15 is 0 Å². The van der Waals surface area contributed by atoms with E-state index in [2.05, 4.69) is 15.5 Å². The summed E-state index contributed by atoms with van der Waals surface area (Å²) < 4.78 is 2.55. The summed E-state index contributed by atoms with van der Waals surface area (Å²) in [6, 6.07) is 15.0. The maximum absolute atomic E-state index is 12.6. The zero-order valence-electron chi connectivity index (χ0n) is 16.7. The Hall–Kier alpha value is -3.55. The molecule has 0 spiro atoms. The molecule has 4 rings (SSSR count). The molecule has 1 saturated carbocycles. The molecule has 154 valence electrons. The Bertz CT molecular complexity index is 1170. The Morgan fingerprint density at radius 2 is 1.77 bits per heavy atom. The Labute approximate surface area is 173 Å². The zero-order chi connectivity index (χ0) is 21.1. The minimum atomic E-state index is -0.788. The molecule has 0 bridgehead atoms. The lowest BCUT2D eigenvalue weighted by Gasteiger charge is -2.15. The standard InChI is InChI=1S/C22H23N5O3/c1-15(27-21(29)12-10-19(25-27)16-5-3-2-4-6-16)22(30)23-13-14-26-20(28)11-9-18(24-26)17-7-8-17/h2-6,9-12,15,17H,7-8,13-14H2,1H3,(H,23,30). The summed E-state index contributed by atoms with van der Waals surface area (Å²) in [5, 5.41) is 11.5. The van der Waals surface area contributed by atoms with Gasteiger partial charge in [0.2, 0.25) is 5.91 Å². The number of rotatable bonds is 7. The van der Waals surface area contributed by atoms with Crippen molar-refractivity contribution in [1.82, 2.24) is 24.9 Å². The molecule has 1 N–H and O–H groups in total. The third kappa shape index (κ3) is 4.37. The first-order valence-corrected chi connectivity index (χ1v) is 10.0. The molecule has 1 aromatic carbocycles. The first-order chi connectivity index (χ1) is 14.5. The van der Waals surface area contributed by atoms with E-state index in [4.69, 9.17) is 0 Å². The van der Waals surface area contributed by atoms with Crippen LogP contribution in [0.5, 0.6) is 0 Å². The van der Waals surface area contributed by atoms with Crippen LogP contribution in [-0.2, 0) is 11.3 Å². The fourth-order valence-electron chi connectivity index (χ4n) is 3.23. The van der Waals surface area contributed by atoms with Crippen molar-refractivity contribution in [3.8, 4) is 11.3 Å². The summed E-state index contributed by atoms with van der Waals surface area (Å²) in [7, 11) is 0. The summed E-state index contributed by atoms with van der Waals surface area (Å²) in [5.74, 6) is 0.0995. The molecule has 1 fully saturated rings. The predicted octanol–water partition coefficient (Wildman–Crippen LogP) is 1.72. The van der Waals surface area contributed by atoms with Gasteiger partial charge in [0, 0.05) is 30.2 Å². The Balaban J connectivity index is 1.42. The first-order valence-electron chi connectivity index (χ1n) is 10.0. The molecule has 3 aromatic rings. The average Bonchev–Trinajstić information content (AvgIpc) is 3.61. The predicted molar refractivity (Wildman–Crippen MR) is 112 cm³/mol. The fourth-order valence-corrected chi connectivity index (χ4v) is 3.23. The van der Waals surface area contributed by atoms with Crippen molar-refractivity contribution in [2.75, 3.05) is 6.54 Å². The quantitative estimate of drug-likeness (QED) is 0.645. The topological polar surface area (TPSA) is 98.9 Å². The van der Waals surface area contributed by atoms with E-state index in [0.717, 1.165) is 24.1 Å². The summed E-state index contributed by atoms with van der Waals surface area (Å²) in [5.41, 5.74) is 1.84. The van der Waals surface area contributed by atoms with Crippen LogP contribution in [0.3, 0.4) is 0 Å². The Morgan fingerprint density at radius 1 is 1.03 bits per heavy atom. The maximum Gasteiger partial charge on any atom is 0.267 e. The number of amides is 1. The van der Waals surface area contributed by atoms with Crippen molar-refractivity contribution < 1.29 is 4.79 Å². The van der Waals surface area contributed by atoms with Gasteiger partial charge >= 0.3 is 0 Å². The van der Waals surface area contributed by atoms with Crippen molar-refractivity contribution in [3.63, 3.8) is 0 Å². The van der Waals surface area contributed by atoms with E-state index < -0.39 is 6.04 Å². The molecule has 0 aliphatic heterocycles. The van der Waals surface area contributed by atoms with Gasteiger partial charge in [-0.1, -0.05) is 30.3 Å². The highest BCUT2D eigenvalue weighted by Gasteiger charge is 2.25. The van der Waals surface area contributed by atoms with Crippen molar-refractivity contribution in [3.05, 3.63) is 81.0 Å². The van der Waals surface area contributed by atoms with Crippen molar-refractivity contribution >= 4 is 5.91 Å². The summed E-state index contributed by atoms with van der Waals surface area (Å²) in [6.07, 6.45) is 2.20. The van der Waals surface area contributed by atoms with E-state index in [1.54, 1.807) is 19.1 Å². The zero-order valence-corrected chi connectivity index (χ0v) is 16.7. The van der Waals surface area contributed by atoms with E-state index in [1.165, 1.54) is 21.5 Å². The molecule has 8 nitrogen and oxygen atoms in total. The molecule has 0 radical (unpaired) electrons. The second kappa shape index (κ2) is 8.44. The molecule has 1 aliphatic carbocycles. The van der Waals surface area contributed by atoms with Gasteiger partial charge in [-0.15, -0.1) is 0 Å². The fraction of sp³-hybridized carbons (Fsp3) is 0.318. The third-order valence-electron chi connectivity index (χ3n) is 5.15. The average molecular weight is 405 g/mol. The number of hydrogen-bond donors (Lipinski definition) is 1. The van der Waals surface area contributed by atoms with E-state index in [9.17, 15) is 14.4 Å². The Morgan fingerprint density at radius 3 is 2.50 bits per heavy atom. The smallest absolute Gasteiger partial charge is 0.267 e. The number of aromatic nitrogens is 4. The SMILES string of the molecule is CC(C(=O)NCCn1nc(C2CC2)ccc1=O)n1nc(-c2ccccc2)ccc1=O. The molecule has 30 heavy (non-hydrogen) atoms. The van der Waals surface area contributed by atoms with Gasteiger partial charge < -0.3 is 5.32 Å². The highest BCUT2D eigenvalue weighted by atomic mass is 16.2. The lowest BCUT2D eigenvalue weighted by molar-refractivity contribution is -0.124. The normalized spacial score (nSPS) is 14.3. The van der Waals surface area contributed by atoms with Gasteiger partial charge in [0.25, 0.3) is 11.1 Å². The van der Waals surface area contributed by atoms with Gasteiger partial charge in [-0.2, -0.15) is 10.2 Å². The largest absolute Gasteiger partial charge is 0.352 e. The number of benzene rings is 1. The highest BCUT2D eigenvalue weighted by Crippen LogP contribution is 2.38. The Kier molecular flexibility index (Phi) is 5.56. The van der Waals surface area contributed by atoms with Gasteiger partial charge in [-0.3, -0.25) is 14.4 Å². The van der Waals surface area contributed by atoms with Crippen molar-refractivity contribution in [1.29, 1.82) is 0 Å². The number of carbonyl (C=O) groups is 1. The molecule has 1 unspecified atom stereocenters. The minimum absolute atomic E-state index is 0.199. The molecule has 2 aromatic heterocycles. The van der Waals surface area contributed by atoms with Gasteiger partial charge in [-0.25, -0.2) is 9.36 Å². The molecule has 2 heterocycles. The van der Waals surface area contributed by atoms with Crippen LogP contribution in [0.2, 0.25) is 0 Å². The monoisotopic (exact) mass is 405 g/mol. The van der Waals surface area contributed by atoms with E-state index in [-0.39, 0.29) is 30.1 Å². The third-order valence-corrected chi connectivity index (χ3v) is 5.15. The molecule has 1 atom stereocenters. The second-order valence-electron chi connectivity index (χ2n) is 7.43. The molecule has 1 aliphatic rings. The van der Waals surface area contributed by atoms with Crippen LogP contribution >= 0.6 is 0 Å².